The maximum atomic E-state index is 13.5. The van der Waals surface area contributed by atoms with Crippen LogP contribution in [0.15, 0.2) is 54.6 Å². The summed E-state index contributed by atoms with van der Waals surface area (Å²) in [5.41, 5.74) is 2.99. The minimum atomic E-state index is -1.28. The van der Waals surface area contributed by atoms with Gasteiger partial charge in [-0.3, -0.25) is 14.6 Å². The first-order valence-corrected chi connectivity index (χ1v) is 10.4. The minimum absolute atomic E-state index is 0.00452. The molecule has 2 unspecified atom stereocenters. The van der Waals surface area contributed by atoms with Gasteiger partial charge in [-0.05, 0) is 31.5 Å². The van der Waals surface area contributed by atoms with E-state index in [1.54, 1.807) is 0 Å². The lowest BCUT2D eigenvalue weighted by Gasteiger charge is -2.39. The standard InChI is InChI=1S/C23H27N3O3/c1-18-11-16-28-23(29-18)20-9-5-6-10-21(20)26(22(23)27)17-24-12-14-25(15-13-24)19-7-3-2-4-8-19/h2-10,18H,11-17H2,1H3. The zero-order valence-corrected chi connectivity index (χ0v) is 16.8. The zero-order valence-electron chi connectivity index (χ0n) is 16.8. The Labute approximate surface area is 171 Å². The first-order valence-electron chi connectivity index (χ1n) is 10.4. The summed E-state index contributed by atoms with van der Waals surface area (Å²) in [6.45, 7) is 6.81. The molecule has 1 amide bonds. The third-order valence-electron chi connectivity index (χ3n) is 6.11. The number of carbonyl (C=O) groups is 1. The lowest BCUT2D eigenvalue weighted by molar-refractivity contribution is -0.277. The highest BCUT2D eigenvalue weighted by atomic mass is 16.7. The van der Waals surface area contributed by atoms with Gasteiger partial charge in [-0.15, -0.1) is 0 Å². The topological polar surface area (TPSA) is 45.3 Å². The SMILES string of the molecule is CC1CCOC2(O1)C(=O)N(CN1CCN(c3ccccc3)CC1)c1ccccc12. The third kappa shape index (κ3) is 3.21. The van der Waals surface area contributed by atoms with E-state index in [-0.39, 0.29) is 12.0 Å². The molecule has 0 N–H and O–H groups in total. The molecule has 0 radical (unpaired) electrons. The number of hydrogen-bond donors (Lipinski definition) is 0. The van der Waals surface area contributed by atoms with Crippen LogP contribution in [0.5, 0.6) is 0 Å². The zero-order chi connectivity index (χ0) is 19.8. The number of para-hydroxylation sites is 2. The van der Waals surface area contributed by atoms with Crippen LogP contribution in [0, 0.1) is 0 Å². The van der Waals surface area contributed by atoms with Gasteiger partial charge in [-0.25, -0.2) is 0 Å². The lowest BCUT2D eigenvalue weighted by atomic mass is 10.1. The Hall–Kier alpha value is -2.41. The molecule has 0 aromatic heterocycles. The van der Waals surface area contributed by atoms with Crippen LogP contribution in [0.1, 0.15) is 18.9 Å². The van der Waals surface area contributed by atoms with Crippen molar-refractivity contribution in [1.29, 1.82) is 0 Å². The van der Waals surface area contributed by atoms with Gasteiger partial charge in [0.25, 0.3) is 11.7 Å². The highest BCUT2D eigenvalue weighted by Gasteiger charge is 2.56. The van der Waals surface area contributed by atoms with Crippen LogP contribution in [-0.2, 0) is 20.1 Å². The molecule has 3 aliphatic heterocycles. The van der Waals surface area contributed by atoms with Gasteiger partial charge >= 0.3 is 0 Å². The Morgan fingerprint density at radius 3 is 2.48 bits per heavy atom. The van der Waals surface area contributed by atoms with Crippen molar-refractivity contribution in [2.45, 2.75) is 25.2 Å². The molecular weight excluding hydrogens is 366 g/mol. The van der Waals surface area contributed by atoms with E-state index in [2.05, 4.69) is 34.1 Å². The molecule has 2 saturated heterocycles. The number of amides is 1. The minimum Gasteiger partial charge on any atom is -0.369 e. The molecule has 2 atom stereocenters. The number of fused-ring (bicyclic) bond motifs is 2. The molecule has 29 heavy (non-hydrogen) atoms. The van der Waals surface area contributed by atoms with Crippen LogP contribution in [0.4, 0.5) is 11.4 Å². The molecule has 1 spiro atoms. The highest BCUT2D eigenvalue weighted by Crippen LogP contribution is 2.46. The van der Waals surface area contributed by atoms with Crippen molar-refractivity contribution in [2.75, 3.05) is 49.3 Å². The van der Waals surface area contributed by atoms with E-state index in [4.69, 9.17) is 9.47 Å². The average Bonchev–Trinajstić information content (AvgIpc) is 2.98. The van der Waals surface area contributed by atoms with Crippen LogP contribution in [0.3, 0.4) is 0 Å². The van der Waals surface area contributed by atoms with Gasteiger partial charge in [-0.2, -0.15) is 0 Å². The van der Waals surface area contributed by atoms with Gasteiger partial charge in [0, 0.05) is 37.4 Å². The summed E-state index contributed by atoms with van der Waals surface area (Å²) in [6.07, 6.45) is 0.800. The van der Waals surface area contributed by atoms with Gasteiger partial charge in [0.1, 0.15) is 0 Å². The Kier molecular flexibility index (Phi) is 4.78. The van der Waals surface area contributed by atoms with Crippen LogP contribution in [0.2, 0.25) is 0 Å². The number of carbonyl (C=O) groups excluding carboxylic acids is 1. The average molecular weight is 393 g/mol. The number of nitrogens with zero attached hydrogens (tertiary/aromatic N) is 3. The maximum absolute atomic E-state index is 13.5. The van der Waals surface area contributed by atoms with Gasteiger partial charge in [-0.1, -0.05) is 36.4 Å². The normalized spacial score (nSPS) is 27.5. The highest BCUT2D eigenvalue weighted by molar-refractivity contribution is 6.06. The number of hydrogen-bond acceptors (Lipinski definition) is 5. The van der Waals surface area contributed by atoms with E-state index in [0.29, 0.717) is 13.3 Å². The summed E-state index contributed by atoms with van der Waals surface area (Å²) >= 11 is 0. The maximum Gasteiger partial charge on any atom is 0.293 e. The molecule has 3 aliphatic rings. The Morgan fingerprint density at radius 1 is 1.00 bits per heavy atom. The van der Waals surface area contributed by atoms with Crippen molar-refractivity contribution >= 4 is 17.3 Å². The van der Waals surface area contributed by atoms with Crippen molar-refractivity contribution in [3.63, 3.8) is 0 Å². The van der Waals surface area contributed by atoms with Crippen molar-refractivity contribution in [3.8, 4) is 0 Å². The van der Waals surface area contributed by atoms with Crippen molar-refractivity contribution in [1.82, 2.24) is 4.90 Å². The van der Waals surface area contributed by atoms with Crippen LogP contribution < -0.4 is 9.80 Å². The molecule has 6 heteroatoms. The van der Waals surface area contributed by atoms with Crippen LogP contribution in [0.25, 0.3) is 0 Å². The van der Waals surface area contributed by atoms with E-state index in [1.807, 2.05) is 42.2 Å². The molecule has 0 aliphatic carbocycles. The molecule has 3 heterocycles. The summed E-state index contributed by atoms with van der Waals surface area (Å²) in [5.74, 6) is -1.38. The number of benzene rings is 2. The van der Waals surface area contributed by atoms with Gasteiger partial charge in [0.2, 0.25) is 0 Å². The van der Waals surface area contributed by atoms with Crippen molar-refractivity contribution in [2.24, 2.45) is 0 Å². The third-order valence-corrected chi connectivity index (χ3v) is 6.11. The summed E-state index contributed by atoms with van der Waals surface area (Å²) in [6, 6.07) is 18.4. The Morgan fingerprint density at radius 2 is 1.72 bits per heavy atom. The molecule has 6 nitrogen and oxygen atoms in total. The predicted molar refractivity (Wildman–Crippen MR) is 112 cm³/mol. The molecular formula is C23H27N3O3. The quantitative estimate of drug-likeness (QED) is 0.803. The molecule has 152 valence electrons. The number of ether oxygens (including phenoxy) is 2. The number of piperazine rings is 1. The molecule has 2 fully saturated rings. The largest absolute Gasteiger partial charge is 0.369 e. The summed E-state index contributed by atoms with van der Waals surface area (Å²) in [4.78, 5) is 20.1. The smallest absolute Gasteiger partial charge is 0.293 e. The van der Waals surface area contributed by atoms with E-state index in [1.165, 1.54) is 5.69 Å². The van der Waals surface area contributed by atoms with Crippen molar-refractivity contribution in [3.05, 3.63) is 60.2 Å². The van der Waals surface area contributed by atoms with Gasteiger partial charge in [0.05, 0.1) is 25.1 Å². The van der Waals surface area contributed by atoms with Crippen molar-refractivity contribution < 1.29 is 14.3 Å². The molecule has 2 aromatic rings. The molecule has 0 saturated carbocycles. The second-order valence-electron chi connectivity index (χ2n) is 8.01. The summed E-state index contributed by atoms with van der Waals surface area (Å²) < 4.78 is 12.1. The fraction of sp³-hybridized carbons (Fsp3) is 0.435. The molecule has 0 bridgehead atoms. The second kappa shape index (κ2) is 7.44. The van der Waals surface area contributed by atoms with E-state index in [0.717, 1.165) is 43.9 Å². The summed E-state index contributed by atoms with van der Waals surface area (Å²) in [5, 5.41) is 0. The van der Waals surface area contributed by atoms with E-state index in [9.17, 15) is 4.79 Å². The Bertz CT molecular complexity index is 882. The summed E-state index contributed by atoms with van der Waals surface area (Å²) in [7, 11) is 0. The molecule has 5 rings (SSSR count). The Balaban J connectivity index is 1.33. The van der Waals surface area contributed by atoms with E-state index < -0.39 is 5.79 Å². The second-order valence-corrected chi connectivity index (χ2v) is 8.01. The number of rotatable bonds is 3. The van der Waals surface area contributed by atoms with Crippen LogP contribution >= 0.6 is 0 Å². The predicted octanol–water partition coefficient (Wildman–Crippen LogP) is 2.79. The lowest BCUT2D eigenvalue weighted by Crippen LogP contribution is -2.54. The van der Waals surface area contributed by atoms with Gasteiger partial charge < -0.3 is 14.4 Å². The fourth-order valence-corrected chi connectivity index (χ4v) is 4.51. The monoisotopic (exact) mass is 393 g/mol. The first-order chi connectivity index (χ1) is 14.2. The number of anilines is 2. The first kappa shape index (κ1) is 18.6. The van der Waals surface area contributed by atoms with Gasteiger partial charge in [0.15, 0.2) is 0 Å². The van der Waals surface area contributed by atoms with Crippen LogP contribution in [-0.4, -0.2) is 56.4 Å². The fourth-order valence-electron chi connectivity index (χ4n) is 4.51. The molecule has 2 aromatic carbocycles. The van der Waals surface area contributed by atoms with E-state index >= 15 is 0 Å².